The molecule has 14 heteroatoms. The maximum Gasteiger partial charge on any atom is 0.408 e. The second-order valence-electron chi connectivity index (χ2n) is 8.24. The van der Waals surface area contributed by atoms with Gasteiger partial charge in [-0.25, -0.2) is 9.59 Å². The molecule has 0 aliphatic heterocycles. The van der Waals surface area contributed by atoms with E-state index >= 15 is 0 Å². The van der Waals surface area contributed by atoms with Crippen LogP contribution in [0.2, 0.25) is 0 Å². The third kappa shape index (κ3) is 15.1. The Morgan fingerprint density at radius 2 is 1.62 bits per heavy atom. The molecule has 2 atom stereocenters. The average molecular weight is 542 g/mol. The smallest absolute Gasteiger partial charge is 0.408 e. The molecular formula is C20H31NO10S3. The van der Waals surface area contributed by atoms with E-state index in [1.807, 2.05) is 6.07 Å². The summed E-state index contributed by atoms with van der Waals surface area (Å²) < 4.78 is 65.4. The second kappa shape index (κ2) is 13.3. The van der Waals surface area contributed by atoms with Crippen LogP contribution in [0.25, 0.3) is 0 Å². The zero-order valence-corrected chi connectivity index (χ0v) is 22.1. The number of benzene rings is 1. The van der Waals surface area contributed by atoms with Crippen molar-refractivity contribution in [1.29, 1.82) is 0 Å². The van der Waals surface area contributed by atoms with E-state index < -0.39 is 56.7 Å². The minimum atomic E-state index is -3.90. The number of amides is 1. The molecule has 0 aromatic heterocycles. The molecule has 0 spiro atoms. The zero-order valence-electron chi connectivity index (χ0n) is 19.7. The highest BCUT2D eigenvalue weighted by Crippen LogP contribution is 2.15. The van der Waals surface area contributed by atoms with E-state index in [1.165, 1.54) is 0 Å². The van der Waals surface area contributed by atoms with Crippen molar-refractivity contribution in [1.82, 2.24) is 5.32 Å². The minimum absolute atomic E-state index is 0.00599. The van der Waals surface area contributed by atoms with Crippen molar-refractivity contribution >= 4 is 44.1 Å². The summed E-state index contributed by atoms with van der Waals surface area (Å²) in [7, 11) is -7.73. The quantitative estimate of drug-likeness (QED) is 0.287. The number of rotatable bonds is 13. The number of thioether (sulfide) groups is 1. The first-order valence-corrected chi connectivity index (χ1v) is 14.8. The molecule has 1 aromatic rings. The number of esters is 1. The molecule has 0 saturated carbocycles. The van der Waals surface area contributed by atoms with E-state index in [0.717, 1.165) is 29.8 Å². The lowest BCUT2D eigenvalue weighted by atomic mass is 10.2. The summed E-state index contributed by atoms with van der Waals surface area (Å²) in [5, 5.41) is 2.45. The molecule has 1 unspecified atom stereocenters. The fourth-order valence-corrected chi connectivity index (χ4v) is 4.44. The van der Waals surface area contributed by atoms with Gasteiger partial charge in [0.15, 0.2) is 0 Å². The standard InChI is InChI=1S/C20H31NO10S3/c1-20(2,3)30-18(22)17(21-19(23)28-11-15-9-7-6-8-10-15)14-32-13-16(31-34(5,26)27)12-29-33(4,24)25/h6-10,16-17H,11-14H2,1-5H3,(H,21,23)/t16-,17?/m0/s1. The Hall–Kier alpha value is -1.87. The van der Waals surface area contributed by atoms with Crippen LogP contribution in [-0.4, -0.2) is 77.3 Å². The van der Waals surface area contributed by atoms with Gasteiger partial charge in [-0.15, -0.1) is 0 Å². The number of alkyl carbamates (subject to hydrolysis) is 1. The van der Waals surface area contributed by atoms with Crippen molar-refractivity contribution in [2.45, 2.75) is 45.1 Å². The summed E-state index contributed by atoms with van der Waals surface area (Å²) in [4.78, 5) is 24.8. The molecule has 0 bridgehead atoms. The van der Waals surface area contributed by atoms with Crippen molar-refractivity contribution in [3.05, 3.63) is 35.9 Å². The lowest BCUT2D eigenvalue weighted by Crippen LogP contribution is -2.46. The first kappa shape index (κ1) is 30.2. The van der Waals surface area contributed by atoms with Crippen molar-refractivity contribution in [2.75, 3.05) is 30.6 Å². The number of hydrogen-bond acceptors (Lipinski definition) is 11. The van der Waals surface area contributed by atoms with E-state index in [-0.39, 0.29) is 18.1 Å². The topological polar surface area (TPSA) is 151 Å². The number of nitrogens with one attached hydrogen (secondary N) is 1. The largest absolute Gasteiger partial charge is 0.458 e. The molecule has 0 fully saturated rings. The third-order valence-electron chi connectivity index (χ3n) is 3.56. The van der Waals surface area contributed by atoms with Gasteiger partial charge in [0.1, 0.15) is 24.4 Å². The zero-order chi connectivity index (χ0) is 26.0. The number of carbonyl (C=O) groups is 2. The maximum absolute atomic E-state index is 12.6. The van der Waals surface area contributed by atoms with Crippen LogP contribution in [0.4, 0.5) is 4.79 Å². The SMILES string of the molecule is CC(C)(C)OC(=O)C(CSC[C@H](COS(C)(=O)=O)OS(C)(=O)=O)NC(=O)OCc1ccccc1. The van der Waals surface area contributed by atoms with Crippen molar-refractivity contribution in [2.24, 2.45) is 0 Å². The van der Waals surface area contributed by atoms with E-state index in [0.29, 0.717) is 0 Å². The summed E-state index contributed by atoms with van der Waals surface area (Å²) in [6.45, 7) is 4.46. The Morgan fingerprint density at radius 1 is 1.00 bits per heavy atom. The normalized spacial score (nSPS) is 14.1. The molecule has 11 nitrogen and oxygen atoms in total. The number of carbonyl (C=O) groups excluding carboxylic acids is 2. The molecule has 1 aromatic carbocycles. The van der Waals surface area contributed by atoms with Gasteiger partial charge in [0.2, 0.25) is 0 Å². The van der Waals surface area contributed by atoms with Crippen molar-refractivity contribution < 1.29 is 44.3 Å². The Kier molecular flexibility index (Phi) is 11.8. The van der Waals surface area contributed by atoms with Crippen molar-refractivity contribution in [3.8, 4) is 0 Å². The van der Waals surface area contributed by atoms with Crippen LogP contribution in [0.1, 0.15) is 26.3 Å². The van der Waals surface area contributed by atoms with Crippen LogP contribution in [0.3, 0.4) is 0 Å². The molecule has 194 valence electrons. The lowest BCUT2D eigenvalue weighted by Gasteiger charge is -2.24. The van der Waals surface area contributed by atoms with Gasteiger partial charge in [0.25, 0.3) is 20.2 Å². The summed E-state index contributed by atoms with van der Waals surface area (Å²) >= 11 is 1.04. The van der Waals surface area contributed by atoms with E-state index in [2.05, 4.69) is 9.50 Å². The Balaban J connectivity index is 2.78. The van der Waals surface area contributed by atoms with Gasteiger partial charge in [0.05, 0.1) is 19.1 Å². The molecule has 0 saturated heterocycles. The minimum Gasteiger partial charge on any atom is -0.458 e. The number of ether oxygens (including phenoxy) is 2. The summed E-state index contributed by atoms with van der Waals surface area (Å²) in [5.74, 6) is -0.801. The van der Waals surface area contributed by atoms with Gasteiger partial charge in [0, 0.05) is 11.5 Å². The molecule has 1 amide bonds. The molecular weight excluding hydrogens is 510 g/mol. The maximum atomic E-state index is 12.6. The lowest BCUT2D eigenvalue weighted by molar-refractivity contribution is -0.156. The highest BCUT2D eigenvalue weighted by molar-refractivity contribution is 7.99. The van der Waals surface area contributed by atoms with E-state index in [4.69, 9.17) is 13.7 Å². The predicted molar refractivity (Wildman–Crippen MR) is 127 cm³/mol. The average Bonchev–Trinajstić information content (AvgIpc) is 2.67. The molecule has 0 radical (unpaired) electrons. The highest BCUT2D eigenvalue weighted by atomic mass is 32.2. The van der Waals surface area contributed by atoms with Crippen molar-refractivity contribution in [3.63, 3.8) is 0 Å². The van der Waals surface area contributed by atoms with Gasteiger partial charge in [-0.1, -0.05) is 30.3 Å². The molecule has 0 heterocycles. The molecule has 34 heavy (non-hydrogen) atoms. The molecule has 1 N–H and O–H groups in total. The fourth-order valence-electron chi connectivity index (χ4n) is 2.32. The fraction of sp³-hybridized carbons (Fsp3) is 0.600. The third-order valence-corrected chi connectivity index (χ3v) is 5.93. The Bertz CT molecular complexity index is 1000. The number of hydrogen-bond donors (Lipinski definition) is 1. The van der Waals surface area contributed by atoms with E-state index in [9.17, 15) is 26.4 Å². The molecule has 0 aliphatic rings. The Morgan fingerprint density at radius 3 is 2.15 bits per heavy atom. The van der Waals surface area contributed by atoms with Crippen LogP contribution < -0.4 is 5.32 Å². The molecule has 0 aliphatic carbocycles. The van der Waals surface area contributed by atoms with Gasteiger partial charge >= 0.3 is 12.1 Å². The van der Waals surface area contributed by atoms with Crippen LogP contribution >= 0.6 is 11.8 Å². The van der Waals surface area contributed by atoms with Crippen LogP contribution in [0.5, 0.6) is 0 Å². The monoisotopic (exact) mass is 541 g/mol. The van der Waals surface area contributed by atoms with Crippen LogP contribution in [-0.2, 0) is 49.5 Å². The van der Waals surface area contributed by atoms with Crippen LogP contribution in [0.15, 0.2) is 30.3 Å². The first-order valence-electron chi connectivity index (χ1n) is 10.0. The summed E-state index contributed by atoms with van der Waals surface area (Å²) in [6.07, 6.45) is -0.344. The van der Waals surface area contributed by atoms with E-state index in [1.54, 1.807) is 45.0 Å². The van der Waals surface area contributed by atoms with Crippen LogP contribution in [0, 0.1) is 0 Å². The predicted octanol–water partition coefficient (Wildman–Crippen LogP) is 1.68. The van der Waals surface area contributed by atoms with Gasteiger partial charge in [-0.3, -0.25) is 8.37 Å². The first-order chi connectivity index (χ1) is 15.5. The second-order valence-corrected chi connectivity index (χ2v) is 12.6. The summed E-state index contributed by atoms with van der Waals surface area (Å²) in [5.41, 5.74) is -0.0616. The summed E-state index contributed by atoms with van der Waals surface area (Å²) in [6, 6.07) is 7.82. The van der Waals surface area contributed by atoms with Gasteiger partial charge in [-0.2, -0.15) is 28.6 Å². The van der Waals surface area contributed by atoms with Gasteiger partial charge in [-0.05, 0) is 26.3 Å². The molecule has 1 rings (SSSR count). The highest BCUT2D eigenvalue weighted by Gasteiger charge is 2.28. The van der Waals surface area contributed by atoms with Gasteiger partial charge < -0.3 is 14.8 Å². The Labute approximate surface area is 205 Å².